The number of benzene rings is 1. The molecule has 0 saturated carbocycles. The third kappa shape index (κ3) is 5.06. The van der Waals surface area contributed by atoms with Crippen LogP contribution in [0.4, 0.5) is 13.2 Å². The molecule has 0 bridgehead atoms. The first-order valence-electron chi connectivity index (χ1n) is 8.01. The number of aliphatic carboxylic acids is 1. The maximum absolute atomic E-state index is 13.4. The second-order valence-corrected chi connectivity index (χ2v) is 5.80. The van der Waals surface area contributed by atoms with Crippen LogP contribution >= 0.6 is 0 Å². The van der Waals surface area contributed by atoms with Crippen molar-refractivity contribution in [3.05, 3.63) is 65.5 Å². The van der Waals surface area contributed by atoms with Gasteiger partial charge in [-0.3, -0.25) is 19.4 Å². The Morgan fingerprint density at radius 1 is 1.04 bits per heavy atom. The number of alkyl halides is 3. The van der Waals surface area contributed by atoms with E-state index in [9.17, 15) is 27.6 Å². The Morgan fingerprint density at radius 3 is 2.21 bits per heavy atom. The molecule has 7 nitrogen and oxygen atoms in total. The van der Waals surface area contributed by atoms with Crippen LogP contribution in [-0.2, 0) is 15.8 Å². The van der Waals surface area contributed by atoms with E-state index in [0.717, 1.165) is 25.1 Å². The molecule has 148 valence electrons. The summed E-state index contributed by atoms with van der Waals surface area (Å²) in [5.41, 5.74) is -1.55. The number of carbonyl (C=O) groups excluding carboxylic acids is 2. The lowest BCUT2D eigenvalue weighted by Crippen LogP contribution is -2.46. The smallest absolute Gasteiger partial charge is 0.416 e. The predicted molar refractivity (Wildman–Crippen MR) is 91.1 cm³/mol. The molecule has 1 heterocycles. The number of halogens is 3. The summed E-state index contributed by atoms with van der Waals surface area (Å²) in [4.78, 5) is 39.6. The highest BCUT2D eigenvalue weighted by atomic mass is 19.4. The molecular formula is C18H16F3N3O4. The summed E-state index contributed by atoms with van der Waals surface area (Å²) in [6.45, 7) is 1.15. The zero-order valence-electron chi connectivity index (χ0n) is 14.5. The number of rotatable bonds is 6. The van der Waals surface area contributed by atoms with E-state index >= 15 is 0 Å². The minimum absolute atomic E-state index is 0.0728. The molecule has 0 aliphatic carbocycles. The van der Waals surface area contributed by atoms with Gasteiger partial charge in [-0.2, -0.15) is 13.2 Å². The van der Waals surface area contributed by atoms with Gasteiger partial charge in [-0.25, -0.2) is 0 Å². The van der Waals surface area contributed by atoms with Gasteiger partial charge in [-0.15, -0.1) is 0 Å². The van der Waals surface area contributed by atoms with Gasteiger partial charge in [0.05, 0.1) is 5.56 Å². The van der Waals surface area contributed by atoms with E-state index in [2.05, 4.69) is 15.6 Å². The molecule has 2 atom stereocenters. The first-order chi connectivity index (χ1) is 13.1. The molecule has 10 heteroatoms. The largest absolute Gasteiger partial charge is 0.480 e. The Bertz CT molecular complexity index is 872. The van der Waals surface area contributed by atoms with Crippen molar-refractivity contribution >= 4 is 17.8 Å². The van der Waals surface area contributed by atoms with Gasteiger partial charge >= 0.3 is 12.1 Å². The fraction of sp³-hybridized carbons (Fsp3) is 0.222. The molecule has 28 heavy (non-hydrogen) atoms. The summed E-state index contributed by atoms with van der Waals surface area (Å²) < 4.78 is 40.1. The first kappa shape index (κ1) is 20.9. The van der Waals surface area contributed by atoms with Crippen LogP contribution < -0.4 is 10.6 Å². The summed E-state index contributed by atoms with van der Waals surface area (Å²) in [7, 11) is 0. The lowest BCUT2D eigenvalue weighted by Gasteiger charge is -2.23. The van der Waals surface area contributed by atoms with Crippen LogP contribution in [0.1, 0.15) is 34.5 Å². The Morgan fingerprint density at radius 2 is 1.64 bits per heavy atom. The third-order valence-electron chi connectivity index (χ3n) is 3.79. The number of aromatic nitrogens is 1. The van der Waals surface area contributed by atoms with E-state index in [1.54, 1.807) is 0 Å². The number of nitrogens with one attached hydrogen (secondary N) is 2. The number of hydrogen-bond donors (Lipinski definition) is 3. The molecule has 0 saturated heterocycles. The molecule has 0 aliphatic rings. The van der Waals surface area contributed by atoms with Gasteiger partial charge in [-0.1, -0.05) is 18.2 Å². The molecule has 2 amide bonds. The SMILES string of the molecule is C[C@H](NC(=O)[C@@H](NC(=O)c1ccncc1)c1ccccc1C(F)(F)F)C(=O)O. The summed E-state index contributed by atoms with van der Waals surface area (Å²) in [6, 6.07) is 3.75. The fourth-order valence-corrected chi connectivity index (χ4v) is 2.37. The number of amides is 2. The lowest BCUT2D eigenvalue weighted by molar-refractivity contribution is -0.142. The molecule has 0 spiro atoms. The normalized spacial score (nSPS) is 13.3. The Kier molecular flexibility index (Phi) is 6.34. The van der Waals surface area contributed by atoms with Crippen LogP contribution in [-0.4, -0.2) is 33.9 Å². The third-order valence-corrected chi connectivity index (χ3v) is 3.79. The van der Waals surface area contributed by atoms with Crippen LogP contribution in [0.5, 0.6) is 0 Å². The van der Waals surface area contributed by atoms with Crippen LogP contribution in [0.3, 0.4) is 0 Å². The minimum Gasteiger partial charge on any atom is -0.480 e. The van der Waals surface area contributed by atoms with Crippen LogP contribution in [0.2, 0.25) is 0 Å². The predicted octanol–water partition coefficient (Wildman–Crippen LogP) is 2.16. The van der Waals surface area contributed by atoms with E-state index in [-0.39, 0.29) is 5.56 Å². The molecule has 2 aromatic rings. The van der Waals surface area contributed by atoms with E-state index in [1.807, 2.05) is 0 Å². The maximum atomic E-state index is 13.4. The van der Waals surface area contributed by atoms with Crippen molar-refractivity contribution in [1.82, 2.24) is 15.6 Å². The van der Waals surface area contributed by atoms with Crippen LogP contribution in [0.25, 0.3) is 0 Å². The summed E-state index contributed by atoms with van der Waals surface area (Å²) in [6.07, 6.45) is -2.17. The molecule has 3 N–H and O–H groups in total. The van der Waals surface area contributed by atoms with E-state index < -0.39 is 47.2 Å². The molecule has 0 unspecified atom stereocenters. The van der Waals surface area contributed by atoms with Gasteiger partial charge in [0.15, 0.2) is 0 Å². The van der Waals surface area contributed by atoms with Crippen LogP contribution in [0, 0.1) is 0 Å². The average Bonchev–Trinajstić information content (AvgIpc) is 2.65. The summed E-state index contributed by atoms with van der Waals surface area (Å²) in [5, 5.41) is 13.3. The van der Waals surface area contributed by atoms with Crippen molar-refractivity contribution in [3.8, 4) is 0 Å². The number of nitrogens with zero attached hydrogens (tertiary/aromatic N) is 1. The highest BCUT2D eigenvalue weighted by Crippen LogP contribution is 2.34. The van der Waals surface area contributed by atoms with E-state index in [0.29, 0.717) is 0 Å². The highest BCUT2D eigenvalue weighted by Gasteiger charge is 2.37. The van der Waals surface area contributed by atoms with Gasteiger partial charge in [-0.05, 0) is 30.7 Å². The van der Waals surface area contributed by atoms with E-state index in [4.69, 9.17) is 5.11 Å². The second-order valence-electron chi connectivity index (χ2n) is 5.80. The van der Waals surface area contributed by atoms with Gasteiger partial charge < -0.3 is 15.7 Å². The Hall–Kier alpha value is -3.43. The van der Waals surface area contributed by atoms with Crippen molar-refractivity contribution in [2.75, 3.05) is 0 Å². The van der Waals surface area contributed by atoms with Crippen molar-refractivity contribution in [2.24, 2.45) is 0 Å². The first-order valence-corrected chi connectivity index (χ1v) is 8.01. The molecule has 1 aromatic heterocycles. The molecule has 0 fully saturated rings. The summed E-state index contributed by atoms with van der Waals surface area (Å²) >= 11 is 0. The quantitative estimate of drug-likeness (QED) is 0.695. The van der Waals surface area contributed by atoms with Crippen molar-refractivity contribution < 1.29 is 32.7 Å². The topological polar surface area (TPSA) is 108 Å². The fourth-order valence-electron chi connectivity index (χ4n) is 2.37. The Balaban J connectivity index is 2.44. The zero-order chi connectivity index (χ0) is 20.9. The molecule has 0 radical (unpaired) electrons. The van der Waals surface area contributed by atoms with Crippen molar-refractivity contribution in [2.45, 2.75) is 25.2 Å². The standard InChI is InChI=1S/C18H16F3N3O4/c1-10(17(27)28)23-16(26)14(24-15(25)11-6-8-22-9-7-11)12-4-2-3-5-13(12)18(19,20)21/h2-10,14H,1H3,(H,23,26)(H,24,25)(H,27,28)/t10-,14-/m0/s1. The number of hydrogen-bond acceptors (Lipinski definition) is 4. The zero-order valence-corrected chi connectivity index (χ0v) is 14.5. The Labute approximate surface area is 157 Å². The number of pyridine rings is 1. The molecule has 1 aromatic carbocycles. The maximum Gasteiger partial charge on any atom is 0.416 e. The van der Waals surface area contributed by atoms with Gasteiger partial charge in [0.2, 0.25) is 5.91 Å². The van der Waals surface area contributed by atoms with Crippen molar-refractivity contribution in [1.29, 1.82) is 0 Å². The number of carbonyl (C=O) groups is 3. The number of carboxylic acid groups (broad SMARTS) is 1. The monoisotopic (exact) mass is 395 g/mol. The van der Waals surface area contributed by atoms with Crippen molar-refractivity contribution in [3.63, 3.8) is 0 Å². The number of carboxylic acids is 1. The van der Waals surface area contributed by atoms with Gasteiger partial charge in [0, 0.05) is 18.0 Å². The lowest BCUT2D eigenvalue weighted by atomic mass is 9.98. The molecule has 0 aliphatic heterocycles. The van der Waals surface area contributed by atoms with Gasteiger partial charge in [0.1, 0.15) is 12.1 Å². The average molecular weight is 395 g/mol. The van der Waals surface area contributed by atoms with Crippen LogP contribution in [0.15, 0.2) is 48.8 Å². The van der Waals surface area contributed by atoms with E-state index in [1.165, 1.54) is 30.6 Å². The highest BCUT2D eigenvalue weighted by molar-refractivity contribution is 5.98. The second kappa shape index (κ2) is 8.51. The molecule has 2 rings (SSSR count). The van der Waals surface area contributed by atoms with Gasteiger partial charge in [0.25, 0.3) is 5.91 Å². The minimum atomic E-state index is -4.78. The summed E-state index contributed by atoms with van der Waals surface area (Å²) in [5.74, 6) is -3.28. The molecular weight excluding hydrogens is 379 g/mol.